The largest absolute Gasteiger partial charge is 0.382 e. The van der Waals surface area contributed by atoms with Gasteiger partial charge in [-0.05, 0) is 39.9 Å². The highest BCUT2D eigenvalue weighted by Crippen LogP contribution is 2.22. The Kier molecular flexibility index (Phi) is 16.2. The Morgan fingerprint density at radius 2 is 1.61 bits per heavy atom. The lowest BCUT2D eigenvalue weighted by molar-refractivity contribution is 0.385. The fourth-order valence-corrected chi connectivity index (χ4v) is 3.03. The van der Waals surface area contributed by atoms with Gasteiger partial charge in [0.15, 0.2) is 5.65 Å². The summed E-state index contributed by atoms with van der Waals surface area (Å²) in [7, 11) is 0. The number of nitrogen functional groups attached to an aromatic ring is 1. The first-order chi connectivity index (χ1) is 13.3. The first-order valence-corrected chi connectivity index (χ1v) is 11.9. The lowest BCUT2D eigenvalue weighted by Gasteiger charge is -2.15. The number of hydrogen-bond acceptors (Lipinski definition) is 3. The number of halogens is 1. The van der Waals surface area contributed by atoms with Crippen molar-refractivity contribution < 1.29 is 0 Å². The van der Waals surface area contributed by atoms with E-state index in [9.17, 15) is 0 Å². The number of fused-ring (bicyclic) bond motifs is 1. The van der Waals surface area contributed by atoms with Crippen LogP contribution in [0.3, 0.4) is 0 Å². The number of imidazole rings is 1. The van der Waals surface area contributed by atoms with Crippen molar-refractivity contribution in [2.45, 2.75) is 99.3 Å². The van der Waals surface area contributed by atoms with E-state index in [4.69, 9.17) is 5.73 Å². The molecule has 0 radical (unpaired) electrons. The second-order valence-corrected chi connectivity index (χ2v) is 9.10. The molecule has 0 bridgehead atoms. The van der Waals surface area contributed by atoms with E-state index in [1.54, 1.807) is 16.8 Å². The molecule has 0 spiro atoms. The maximum absolute atomic E-state index is 5.47. The van der Waals surface area contributed by atoms with Gasteiger partial charge in [0.25, 0.3) is 0 Å². The minimum Gasteiger partial charge on any atom is -0.382 e. The first-order valence-electron chi connectivity index (χ1n) is 11.1. The van der Waals surface area contributed by atoms with Gasteiger partial charge in [-0.25, -0.2) is 9.50 Å². The van der Waals surface area contributed by atoms with E-state index in [2.05, 4.69) is 67.6 Å². The molecule has 0 aliphatic heterocycles. The molecular weight excluding hydrogens is 412 g/mol. The summed E-state index contributed by atoms with van der Waals surface area (Å²) in [5.41, 5.74) is 6.25. The highest BCUT2D eigenvalue weighted by atomic mass is 79.9. The van der Waals surface area contributed by atoms with Crippen LogP contribution in [0.4, 0.5) is 5.82 Å². The quantitative estimate of drug-likeness (QED) is 0.479. The maximum atomic E-state index is 5.47. The summed E-state index contributed by atoms with van der Waals surface area (Å²) >= 11 is 3.28. The monoisotopic (exact) mass is 454 g/mol. The molecule has 1 fully saturated rings. The Morgan fingerprint density at radius 3 is 2.04 bits per heavy atom. The zero-order valence-electron chi connectivity index (χ0n) is 19.0. The molecule has 162 valence electrons. The summed E-state index contributed by atoms with van der Waals surface area (Å²) in [5, 5.41) is 4.02. The fourth-order valence-electron chi connectivity index (χ4n) is 2.67. The van der Waals surface area contributed by atoms with Crippen LogP contribution in [0.15, 0.2) is 22.9 Å². The van der Waals surface area contributed by atoms with Gasteiger partial charge in [-0.15, -0.1) is 5.10 Å². The summed E-state index contributed by atoms with van der Waals surface area (Å²) in [4.78, 5) is 4.06. The molecule has 2 aromatic heterocycles. The van der Waals surface area contributed by atoms with Crippen LogP contribution < -0.4 is 5.73 Å². The van der Waals surface area contributed by atoms with E-state index in [0.29, 0.717) is 5.82 Å². The van der Waals surface area contributed by atoms with Crippen molar-refractivity contribution in [2.24, 2.45) is 11.8 Å². The van der Waals surface area contributed by atoms with Crippen LogP contribution >= 0.6 is 15.9 Å². The van der Waals surface area contributed by atoms with E-state index >= 15 is 0 Å². The first kappa shape index (κ1) is 26.9. The summed E-state index contributed by atoms with van der Waals surface area (Å²) in [5.74, 6) is 2.35. The Morgan fingerprint density at radius 1 is 1.07 bits per heavy atom. The smallest absolute Gasteiger partial charge is 0.154 e. The molecule has 4 nitrogen and oxygen atoms in total. The molecule has 2 N–H and O–H groups in total. The van der Waals surface area contributed by atoms with Gasteiger partial charge in [-0.1, -0.05) is 99.3 Å². The predicted octanol–water partition coefficient (Wildman–Crippen LogP) is 7.91. The maximum Gasteiger partial charge on any atom is 0.154 e. The predicted molar refractivity (Wildman–Crippen MR) is 128 cm³/mol. The Hall–Kier alpha value is -1.10. The summed E-state index contributed by atoms with van der Waals surface area (Å²) < 4.78 is 2.44. The van der Waals surface area contributed by atoms with Crippen molar-refractivity contribution in [1.29, 1.82) is 0 Å². The van der Waals surface area contributed by atoms with Gasteiger partial charge in [0.1, 0.15) is 10.4 Å². The number of nitrogens with zero attached hydrogens (tertiary/aromatic N) is 3. The van der Waals surface area contributed by atoms with Crippen LogP contribution in [0.2, 0.25) is 0 Å². The van der Waals surface area contributed by atoms with Crippen LogP contribution in [0.25, 0.3) is 5.65 Å². The van der Waals surface area contributed by atoms with E-state index in [0.717, 1.165) is 22.1 Å². The third-order valence-electron chi connectivity index (χ3n) is 4.19. The molecule has 3 rings (SSSR count). The molecule has 0 saturated heterocycles. The Balaban J connectivity index is 0.000000376. The highest BCUT2D eigenvalue weighted by molar-refractivity contribution is 9.10. The second kappa shape index (κ2) is 16.8. The number of unbranched alkanes of at least 4 members (excludes halogenated alkanes) is 3. The van der Waals surface area contributed by atoms with Crippen molar-refractivity contribution in [2.75, 3.05) is 5.73 Å². The van der Waals surface area contributed by atoms with Gasteiger partial charge in [0, 0.05) is 0 Å². The van der Waals surface area contributed by atoms with Gasteiger partial charge in [-0.2, -0.15) is 0 Å². The minimum absolute atomic E-state index is 0.483. The van der Waals surface area contributed by atoms with Crippen molar-refractivity contribution in [1.82, 2.24) is 14.6 Å². The molecule has 2 heterocycles. The standard InChI is InChI=1S/C7H14.C6H5BrN4.C6H14.C4H10/c1-7-5-3-2-4-6-7;7-4-3-9-6-2-1-5(8)10-11(4)6;1-3-5-6-4-2;1-4(2)3/h7H,2-6H2,1H3;1-3H,(H2,8,10);3-6H2,1-2H3;4H,1-3H3. The van der Waals surface area contributed by atoms with Crippen molar-refractivity contribution >= 4 is 27.4 Å². The van der Waals surface area contributed by atoms with Gasteiger partial charge < -0.3 is 5.73 Å². The SMILES string of the molecule is CC(C)C.CC1CCCCC1.CCCCCC.Nc1ccc2ncc(Br)n2n1. The molecule has 28 heavy (non-hydrogen) atoms. The van der Waals surface area contributed by atoms with Crippen molar-refractivity contribution in [3.8, 4) is 0 Å². The van der Waals surface area contributed by atoms with Crippen LogP contribution in [-0.2, 0) is 0 Å². The van der Waals surface area contributed by atoms with Crippen molar-refractivity contribution in [3.63, 3.8) is 0 Å². The molecule has 1 saturated carbocycles. The summed E-state index contributed by atoms with van der Waals surface area (Å²) in [6, 6.07) is 3.53. The van der Waals surface area contributed by atoms with Gasteiger partial charge in [0.2, 0.25) is 0 Å². The van der Waals surface area contributed by atoms with Crippen LogP contribution in [0.1, 0.15) is 99.3 Å². The van der Waals surface area contributed by atoms with Gasteiger partial charge >= 0.3 is 0 Å². The molecule has 2 aromatic rings. The minimum atomic E-state index is 0.483. The van der Waals surface area contributed by atoms with E-state index in [-0.39, 0.29) is 0 Å². The molecule has 0 amide bonds. The van der Waals surface area contributed by atoms with Crippen molar-refractivity contribution in [3.05, 3.63) is 22.9 Å². The number of aromatic nitrogens is 3. The number of hydrogen-bond donors (Lipinski definition) is 1. The normalized spacial score (nSPS) is 13.7. The summed E-state index contributed by atoms with van der Waals surface area (Å²) in [6.45, 7) is 13.3. The van der Waals surface area contributed by atoms with E-state index in [1.807, 2.05) is 6.07 Å². The van der Waals surface area contributed by atoms with Gasteiger partial charge in [0.05, 0.1) is 6.20 Å². The second-order valence-electron chi connectivity index (χ2n) is 8.29. The van der Waals surface area contributed by atoms with E-state index < -0.39 is 0 Å². The Bertz CT molecular complexity index is 597. The third kappa shape index (κ3) is 14.0. The lowest BCUT2D eigenvalue weighted by atomic mass is 9.91. The summed E-state index contributed by atoms with van der Waals surface area (Å²) in [6.07, 6.45) is 14.7. The van der Waals surface area contributed by atoms with Crippen LogP contribution in [0, 0.1) is 11.8 Å². The highest BCUT2D eigenvalue weighted by Gasteiger charge is 2.06. The third-order valence-corrected chi connectivity index (χ3v) is 4.73. The molecule has 0 aromatic carbocycles. The average Bonchev–Trinajstić information content (AvgIpc) is 3.02. The topological polar surface area (TPSA) is 56.2 Å². The molecular formula is C23H43BrN4. The molecule has 1 aliphatic carbocycles. The lowest BCUT2D eigenvalue weighted by Crippen LogP contribution is -1.99. The Labute approximate surface area is 181 Å². The van der Waals surface area contributed by atoms with Gasteiger partial charge in [-0.3, -0.25) is 0 Å². The zero-order valence-corrected chi connectivity index (χ0v) is 20.6. The van der Waals surface area contributed by atoms with E-state index in [1.165, 1.54) is 57.8 Å². The molecule has 5 heteroatoms. The fraction of sp³-hybridized carbons (Fsp3) is 0.739. The average molecular weight is 456 g/mol. The molecule has 0 atom stereocenters. The van der Waals surface area contributed by atoms with Crippen LogP contribution in [0.5, 0.6) is 0 Å². The zero-order chi connectivity index (χ0) is 21.4. The molecule has 0 unspecified atom stereocenters. The number of nitrogens with two attached hydrogens (primary N) is 1. The van der Waals surface area contributed by atoms with Crippen LogP contribution in [-0.4, -0.2) is 14.6 Å². The number of rotatable bonds is 3. The molecule has 1 aliphatic rings. The number of anilines is 1.